The summed E-state index contributed by atoms with van der Waals surface area (Å²) in [5.74, 6) is 0. The van der Waals surface area contributed by atoms with Crippen molar-refractivity contribution in [3.05, 3.63) is 28.7 Å². The molecule has 0 saturated carbocycles. The molecular weight excluding hydrogens is 232 g/mol. The lowest BCUT2D eigenvalue weighted by atomic mass is 10.2. The summed E-state index contributed by atoms with van der Waals surface area (Å²) >= 11 is 0. The molecule has 2 aromatic rings. The van der Waals surface area contributed by atoms with Crippen molar-refractivity contribution in [2.45, 2.75) is 0 Å². The Kier molecular flexibility index (Phi) is 2.86. The highest BCUT2D eigenvalue weighted by Crippen LogP contribution is 2.17. The van der Waals surface area contributed by atoms with Crippen molar-refractivity contribution in [3.8, 4) is 0 Å². The van der Waals surface area contributed by atoms with E-state index in [4.69, 9.17) is 0 Å². The molecule has 1 aromatic heterocycles. The van der Waals surface area contributed by atoms with Gasteiger partial charge in [0.25, 0.3) is 0 Å². The quantitative estimate of drug-likeness (QED) is 0.817. The van der Waals surface area contributed by atoms with E-state index in [1.165, 1.54) is 4.90 Å². The van der Waals surface area contributed by atoms with E-state index in [0.29, 0.717) is 5.69 Å². The van der Waals surface area contributed by atoms with Crippen LogP contribution < -0.4 is 11.0 Å². The van der Waals surface area contributed by atoms with E-state index < -0.39 is 0 Å². The molecule has 0 saturated heterocycles. The first kappa shape index (κ1) is 12.2. The predicted molar refractivity (Wildman–Crippen MR) is 70.9 cm³/mol. The predicted octanol–water partition coefficient (Wildman–Crippen LogP) is 0.970. The summed E-state index contributed by atoms with van der Waals surface area (Å²) in [5.41, 5.74) is 2.22. The van der Waals surface area contributed by atoms with Crippen molar-refractivity contribution in [2.75, 3.05) is 19.4 Å². The summed E-state index contributed by atoms with van der Waals surface area (Å²) < 4.78 is 3.13. The minimum absolute atomic E-state index is 0.0823. The van der Waals surface area contributed by atoms with Crippen LogP contribution in [-0.4, -0.2) is 34.2 Å². The number of amides is 2. The third kappa shape index (κ3) is 1.85. The number of nitrogens with zero attached hydrogens (tertiary/aromatic N) is 3. The number of carbonyl (C=O) groups is 1. The average molecular weight is 248 g/mol. The van der Waals surface area contributed by atoms with Crippen LogP contribution in [0.2, 0.25) is 0 Å². The van der Waals surface area contributed by atoms with Gasteiger partial charge in [0.1, 0.15) is 0 Å². The van der Waals surface area contributed by atoms with E-state index in [1.54, 1.807) is 49.5 Å². The fourth-order valence-corrected chi connectivity index (χ4v) is 1.82. The Balaban J connectivity index is 2.48. The summed E-state index contributed by atoms with van der Waals surface area (Å²) in [5, 5.41) is 2.75. The topological polar surface area (TPSA) is 59.3 Å². The molecule has 0 fully saturated rings. The van der Waals surface area contributed by atoms with Crippen molar-refractivity contribution in [2.24, 2.45) is 14.1 Å². The normalized spacial score (nSPS) is 10.7. The number of hydrogen-bond acceptors (Lipinski definition) is 2. The molecule has 1 aromatic carbocycles. The van der Waals surface area contributed by atoms with Crippen LogP contribution >= 0.6 is 0 Å². The monoisotopic (exact) mass is 248 g/mol. The average Bonchev–Trinajstić information content (AvgIpc) is 2.54. The van der Waals surface area contributed by atoms with Gasteiger partial charge in [-0.2, -0.15) is 0 Å². The molecule has 6 nitrogen and oxygen atoms in total. The van der Waals surface area contributed by atoms with E-state index in [0.717, 1.165) is 11.0 Å². The van der Waals surface area contributed by atoms with Crippen LogP contribution in [0.3, 0.4) is 0 Å². The second kappa shape index (κ2) is 4.21. The number of aromatic nitrogens is 2. The molecule has 18 heavy (non-hydrogen) atoms. The Morgan fingerprint density at radius 2 is 1.78 bits per heavy atom. The maximum atomic E-state index is 11.8. The van der Waals surface area contributed by atoms with Gasteiger partial charge in [-0.1, -0.05) is 0 Å². The number of nitrogens with one attached hydrogen (secondary N) is 1. The number of aryl methyl sites for hydroxylation is 2. The van der Waals surface area contributed by atoms with Gasteiger partial charge in [0.05, 0.1) is 11.0 Å². The van der Waals surface area contributed by atoms with E-state index in [9.17, 15) is 9.59 Å². The first-order chi connectivity index (χ1) is 8.41. The van der Waals surface area contributed by atoms with Crippen molar-refractivity contribution < 1.29 is 4.79 Å². The van der Waals surface area contributed by atoms with Crippen molar-refractivity contribution in [3.63, 3.8) is 0 Å². The first-order valence-electron chi connectivity index (χ1n) is 5.55. The SMILES string of the molecule is CN(C)C(=O)Nc1ccc2c(c1)n(C)c(=O)n2C. The first-order valence-corrected chi connectivity index (χ1v) is 5.55. The molecule has 0 atom stereocenters. The number of anilines is 1. The third-order valence-corrected chi connectivity index (χ3v) is 2.93. The highest BCUT2D eigenvalue weighted by Gasteiger charge is 2.09. The minimum atomic E-state index is -0.199. The van der Waals surface area contributed by atoms with Crippen molar-refractivity contribution >= 4 is 22.8 Å². The molecule has 0 aliphatic heterocycles. The van der Waals surface area contributed by atoms with Crippen LogP contribution in [0.25, 0.3) is 11.0 Å². The van der Waals surface area contributed by atoms with Gasteiger partial charge in [-0.05, 0) is 18.2 Å². The second-order valence-electron chi connectivity index (χ2n) is 4.43. The largest absolute Gasteiger partial charge is 0.331 e. The molecule has 1 heterocycles. The van der Waals surface area contributed by atoms with Crippen LogP contribution in [-0.2, 0) is 14.1 Å². The fraction of sp³-hybridized carbons (Fsp3) is 0.333. The molecule has 96 valence electrons. The summed E-state index contributed by atoms with van der Waals surface area (Å²) in [4.78, 5) is 24.8. The van der Waals surface area contributed by atoms with Crippen molar-refractivity contribution in [1.82, 2.24) is 14.0 Å². The zero-order chi connectivity index (χ0) is 13.4. The summed E-state index contributed by atoms with van der Waals surface area (Å²) in [6, 6.07) is 5.19. The standard InChI is InChI=1S/C12H16N4O2/c1-14(2)11(17)13-8-5-6-9-10(7-8)16(4)12(18)15(9)3/h5-7H,1-4H3,(H,13,17). The van der Waals surface area contributed by atoms with E-state index in [-0.39, 0.29) is 11.7 Å². The summed E-state index contributed by atoms with van der Waals surface area (Å²) in [6.07, 6.45) is 0. The summed E-state index contributed by atoms with van der Waals surface area (Å²) in [7, 11) is 6.78. The zero-order valence-electron chi connectivity index (χ0n) is 10.9. The maximum Gasteiger partial charge on any atom is 0.328 e. The number of benzene rings is 1. The van der Waals surface area contributed by atoms with Gasteiger partial charge in [0.15, 0.2) is 0 Å². The minimum Gasteiger partial charge on any atom is -0.331 e. The van der Waals surface area contributed by atoms with Crippen LogP contribution in [0.15, 0.2) is 23.0 Å². The lowest BCUT2D eigenvalue weighted by molar-refractivity contribution is 0.230. The van der Waals surface area contributed by atoms with Crippen LogP contribution in [0.5, 0.6) is 0 Å². The molecule has 0 bridgehead atoms. The molecule has 1 N–H and O–H groups in total. The number of rotatable bonds is 1. The Hall–Kier alpha value is -2.24. The van der Waals surface area contributed by atoms with E-state index in [2.05, 4.69) is 5.32 Å². The van der Waals surface area contributed by atoms with Gasteiger partial charge in [0.2, 0.25) is 0 Å². The molecule has 6 heteroatoms. The molecule has 0 unspecified atom stereocenters. The molecule has 2 amide bonds. The molecule has 0 aliphatic rings. The van der Waals surface area contributed by atoms with Crippen LogP contribution in [0.1, 0.15) is 0 Å². The lowest BCUT2D eigenvalue weighted by Crippen LogP contribution is -2.27. The van der Waals surface area contributed by atoms with Crippen LogP contribution in [0, 0.1) is 0 Å². The van der Waals surface area contributed by atoms with Crippen molar-refractivity contribution in [1.29, 1.82) is 0 Å². The van der Waals surface area contributed by atoms with Gasteiger partial charge in [-0.25, -0.2) is 9.59 Å². The Morgan fingerprint density at radius 3 is 2.39 bits per heavy atom. The molecular formula is C12H16N4O2. The Morgan fingerprint density at radius 1 is 1.17 bits per heavy atom. The van der Waals surface area contributed by atoms with E-state index >= 15 is 0 Å². The van der Waals surface area contributed by atoms with Gasteiger partial charge in [0, 0.05) is 33.9 Å². The fourth-order valence-electron chi connectivity index (χ4n) is 1.82. The number of carbonyl (C=O) groups excluding carboxylic acids is 1. The highest BCUT2D eigenvalue weighted by molar-refractivity contribution is 5.91. The molecule has 0 aliphatic carbocycles. The molecule has 2 rings (SSSR count). The van der Waals surface area contributed by atoms with Gasteiger partial charge < -0.3 is 10.2 Å². The Bertz CT molecular complexity index is 667. The zero-order valence-corrected chi connectivity index (χ0v) is 10.9. The van der Waals surface area contributed by atoms with E-state index in [1.807, 2.05) is 6.07 Å². The number of imidazole rings is 1. The third-order valence-electron chi connectivity index (χ3n) is 2.93. The Labute approximate surface area is 104 Å². The number of hydrogen-bond donors (Lipinski definition) is 1. The van der Waals surface area contributed by atoms with Crippen LogP contribution in [0.4, 0.5) is 10.5 Å². The maximum absolute atomic E-state index is 11.8. The number of fused-ring (bicyclic) bond motifs is 1. The number of urea groups is 1. The molecule has 0 radical (unpaired) electrons. The van der Waals surface area contributed by atoms with Gasteiger partial charge in [-0.15, -0.1) is 0 Å². The van der Waals surface area contributed by atoms with Gasteiger partial charge in [-0.3, -0.25) is 9.13 Å². The summed E-state index contributed by atoms with van der Waals surface area (Å²) in [6.45, 7) is 0. The van der Waals surface area contributed by atoms with Gasteiger partial charge >= 0.3 is 11.7 Å². The second-order valence-corrected chi connectivity index (χ2v) is 4.43. The highest BCUT2D eigenvalue weighted by atomic mass is 16.2. The molecule has 0 spiro atoms. The smallest absolute Gasteiger partial charge is 0.328 e. The lowest BCUT2D eigenvalue weighted by Gasteiger charge is -2.12.